The van der Waals surface area contributed by atoms with Crippen molar-refractivity contribution in [1.82, 2.24) is 9.72 Å². The Labute approximate surface area is 115 Å². The Kier molecular flexibility index (Phi) is 3.09. The van der Waals surface area contributed by atoms with Crippen molar-refractivity contribution >= 4 is 11.6 Å². The molecular weight excluding hydrogens is 254 g/mol. The third-order valence-electron chi connectivity index (χ3n) is 3.02. The number of benzene rings is 1. The quantitative estimate of drug-likeness (QED) is 0.793. The van der Waals surface area contributed by atoms with E-state index in [0.717, 1.165) is 11.4 Å². The molecule has 20 heavy (non-hydrogen) atoms. The molecule has 1 amide bonds. The second-order valence-electron chi connectivity index (χ2n) is 4.39. The number of aryl methyl sites for hydroxylation is 1. The Morgan fingerprint density at radius 1 is 1.20 bits per heavy atom. The second-order valence-corrected chi connectivity index (χ2v) is 4.39. The van der Waals surface area contributed by atoms with Gasteiger partial charge in [0.25, 0.3) is 5.91 Å². The first-order chi connectivity index (χ1) is 9.75. The Balaban J connectivity index is 1.90. The number of hydrogen-bond acceptors (Lipinski definition) is 3. The fourth-order valence-corrected chi connectivity index (χ4v) is 2.00. The summed E-state index contributed by atoms with van der Waals surface area (Å²) in [6, 6.07) is 13.0. The molecule has 0 aliphatic carbocycles. The first kappa shape index (κ1) is 12.2. The third-order valence-corrected chi connectivity index (χ3v) is 3.02. The summed E-state index contributed by atoms with van der Waals surface area (Å²) in [5.41, 5.74) is 1.95. The molecule has 0 saturated carbocycles. The van der Waals surface area contributed by atoms with E-state index in [1.54, 1.807) is 0 Å². The number of carbonyl (C=O) groups is 1. The van der Waals surface area contributed by atoms with Crippen molar-refractivity contribution in [2.24, 2.45) is 7.05 Å². The lowest BCUT2D eigenvalue weighted by molar-refractivity contribution is 0.102. The molecule has 0 radical (unpaired) electrons. The molecule has 0 spiro atoms. The van der Waals surface area contributed by atoms with Crippen molar-refractivity contribution in [2.75, 3.05) is 5.32 Å². The van der Waals surface area contributed by atoms with Crippen molar-refractivity contribution in [1.29, 1.82) is 0 Å². The highest BCUT2D eigenvalue weighted by molar-refractivity contribution is 6.07. The molecule has 0 bridgehead atoms. The first-order valence-electron chi connectivity index (χ1n) is 6.18. The largest absolute Gasteiger partial charge is 0.354 e. The average Bonchev–Trinajstić information content (AvgIpc) is 3.07. The van der Waals surface area contributed by atoms with Crippen LogP contribution >= 0.6 is 0 Å². The van der Waals surface area contributed by atoms with Crippen LogP contribution in [0.25, 0.3) is 11.5 Å². The van der Waals surface area contributed by atoms with Crippen LogP contribution in [0.15, 0.2) is 59.4 Å². The van der Waals surface area contributed by atoms with Gasteiger partial charge in [-0.3, -0.25) is 4.79 Å². The number of anilines is 1. The summed E-state index contributed by atoms with van der Waals surface area (Å²) in [6.07, 6.45) is 3.32. The molecule has 100 valence electrons. The monoisotopic (exact) mass is 267 g/mol. The van der Waals surface area contributed by atoms with Crippen LogP contribution < -0.4 is 5.32 Å². The molecule has 2 heterocycles. The van der Waals surface area contributed by atoms with E-state index < -0.39 is 0 Å². The van der Waals surface area contributed by atoms with Crippen LogP contribution in [0.1, 0.15) is 10.4 Å². The summed E-state index contributed by atoms with van der Waals surface area (Å²) in [4.78, 5) is 12.3. The number of carbonyl (C=O) groups excluding carboxylic acids is 1. The highest BCUT2D eigenvalue weighted by atomic mass is 16.5. The number of para-hydroxylation sites is 1. The molecule has 3 rings (SSSR count). The molecule has 3 aromatic rings. The van der Waals surface area contributed by atoms with E-state index in [2.05, 4.69) is 10.5 Å². The van der Waals surface area contributed by atoms with Crippen molar-refractivity contribution in [3.63, 3.8) is 0 Å². The van der Waals surface area contributed by atoms with E-state index >= 15 is 0 Å². The summed E-state index contributed by atoms with van der Waals surface area (Å²) in [5.74, 6) is 0.222. The molecule has 0 aliphatic rings. The first-order valence-corrected chi connectivity index (χ1v) is 6.18. The van der Waals surface area contributed by atoms with Crippen molar-refractivity contribution in [3.05, 3.63) is 60.4 Å². The highest BCUT2D eigenvalue weighted by Crippen LogP contribution is 2.24. The number of hydrogen-bond donors (Lipinski definition) is 1. The van der Waals surface area contributed by atoms with Gasteiger partial charge in [0.2, 0.25) is 0 Å². The maximum Gasteiger partial charge on any atom is 0.261 e. The number of aromatic nitrogens is 2. The van der Waals surface area contributed by atoms with Crippen LogP contribution in [0.4, 0.5) is 5.69 Å². The van der Waals surface area contributed by atoms with E-state index in [1.807, 2.05) is 60.3 Å². The molecule has 0 atom stereocenters. The summed E-state index contributed by atoms with van der Waals surface area (Å²) in [7, 11) is 1.89. The zero-order valence-corrected chi connectivity index (χ0v) is 10.9. The van der Waals surface area contributed by atoms with Crippen molar-refractivity contribution in [3.8, 4) is 11.5 Å². The standard InChI is InChI=1S/C15H13N3O2/c1-18-9-5-8-13(18)14-12(10-16-20-14)15(19)17-11-6-3-2-4-7-11/h2-10H,1H3,(H,17,19). The number of rotatable bonds is 3. The lowest BCUT2D eigenvalue weighted by Gasteiger charge is -2.05. The van der Waals surface area contributed by atoms with Crippen LogP contribution in [0.3, 0.4) is 0 Å². The van der Waals surface area contributed by atoms with Crippen LogP contribution in [0.2, 0.25) is 0 Å². The lowest BCUT2D eigenvalue weighted by atomic mass is 10.2. The summed E-state index contributed by atoms with van der Waals surface area (Å²) in [5, 5.41) is 6.55. The van der Waals surface area contributed by atoms with Crippen LogP contribution in [-0.4, -0.2) is 15.6 Å². The maximum atomic E-state index is 12.3. The predicted octanol–water partition coefficient (Wildman–Crippen LogP) is 2.93. The van der Waals surface area contributed by atoms with Crippen molar-refractivity contribution in [2.45, 2.75) is 0 Å². The Morgan fingerprint density at radius 2 is 2.00 bits per heavy atom. The highest BCUT2D eigenvalue weighted by Gasteiger charge is 2.19. The van der Waals surface area contributed by atoms with Gasteiger partial charge in [-0.2, -0.15) is 0 Å². The van der Waals surface area contributed by atoms with Gasteiger partial charge in [0.15, 0.2) is 5.76 Å². The van der Waals surface area contributed by atoms with Gasteiger partial charge < -0.3 is 14.4 Å². The van der Waals surface area contributed by atoms with E-state index in [-0.39, 0.29) is 5.91 Å². The van der Waals surface area contributed by atoms with Gasteiger partial charge in [-0.15, -0.1) is 0 Å². The summed E-state index contributed by atoms with van der Waals surface area (Å²) < 4.78 is 7.09. The molecular formula is C15H13N3O2. The SMILES string of the molecule is Cn1cccc1-c1oncc1C(=O)Nc1ccccc1. The van der Waals surface area contributed by atoms with Gasteiger partial charge in [0.1, 0.15) is 5.56 Å². The zero-order valence-electron chi connectivity index (χ0n) is 10.9. The van der Waals surface area contributed by atoms with E-state index in [1.165, 1.54) is 6.20 Å². The minimum Gasteiger partial charge on any atom is -0.354 e. The van der Waals surface area contributed by atoms with Gasteiger partial charge >= 0.3 is 0 Å². The Bertz CT molecular complexity index is 728. The number of amides is 1. The van der Waals surface area contributed by atoms with E-state index in [9.17, 15) is 4.79 Å². The zero-order chi connectivity index (χ0) is 13.9. The Morgan fingerprint density at radius 3 is 2.70 bits per heavy atom. The molecule has 0 saturated heterocycles. The predicted molar refractivity (Wildman–Crippen MR) is 75.3 cm³/mol. The smallest absolute Gasteiger partial charge is 0.261 e. The van der Waals surface area contributed by atoms with E-state index in [0.29, 0.717) is 11.3 Å². The van der Waals surface area contributed by atoms with Gasteiger partial charge in [-0.1, -0.05) is 23.4 Å². The molecule has 0 unspecified atom stereocenters. The summed E-state index contributed by atoms with van der Waals surface area (Å²) >= 11 is 0. The summed E-state index contributed by atoms with van der Waals surface area (Å²) in [6.45, 7) is 0. The fraction of sp³-hybridized carbons (Fsp3) is 0.0667. The van der Waals surface area contributed by atoms with Gasteiger partial charge in [0, 0.05) is 18.9 Å². The second kappa shape index (κ2) is 5.05. The molecule has 5 heteroatoms. The Hall–Kier alpha value is -2.82. The van der Waals surface area contributed by atoms with Gasteiger partial charge in [0.05, 0.1) is 11.9 Å². The van der Waals surface area contributed by atoms with Gasteiger partial charge in [-0.25, -0.2) is 0 Å². The number of nitrogens with zero attached hydrogens (tertiary/aromatic N) is 2. The normalized spacial score (nSPS) is 10.4. The topological polar surface area (TPSA) is 60.1 Å². The lowest BCUT2D eigenvalue weighted by Crippen LogP contribution is -2.12. The molecule has 0 fully saturated rings. The van der Waals surface area contributed by atoms with Gasteiger partial charge in [-0.05, 0) is 24.3 Å². The minimum absolute atomic E-state index is 0.242. The molecule has 0 aliphatic heterocycles. The van der Waals surface area contributed by atoms with Crippen LogP contribution in [-0.2, 0) is 7.05 Å². The van der Waals surface area contributed by atoms with E-state index in [4.69, 9.17) is 4.52 Å². The fourth-order valence-electron chi connectivity index (χ4n) is 2.00. The molecule has 2 aromatic heterocycles. The van der Waals surface area contributed by atoms with Crippen LogP contribution in [0, 0.1) is 0 Å². The third kappa shape index (κ3) is 2.21. The average molecular weight is 267 g/mol. The number of nitrogens with one attached hydrogen (secondary N) is 1. The minimum atomic E-state index is -0.242. The maximum absolute atomic E-state index is 12.3. The molecule has 1 aromatic carbocycles. The van der Waals surface area contributed by atoms with Crippen molar-refractivity contribution < 1.29 is 9.32 Å². The molecule has 1 N–H and O–H groups in total. The molecule has 5 nitrogen and oxygen atoms in total. The van der Waals surface area contributed by atoms with Crippen LogP contribution in [0.5, 0.6) is 0 Å².